The van der Waals surface area contributed by atoms with Crippen molar-refractivity contribution in [3.63, 3.8) is 0 Å². The minimum Gasteiger partial charge on any atom is -0.325 e. The maximum atomic E-state index is 12.0. The number of azide groups is 1. The first-order valence-electron chi connectivity index (χ1n) is 7.36. The van der Waals surface area contributed by atoms with Gasteiger partial charge in [0.05, 0.1) is 4.90 Å². The van der Waals surface area contributed by atoms with Gasteiger partial charge in [0.15, 0.2) is 0 Å². The quantitative estimate of drug-likeness (QED) is 0.204. The minimum absolute atomic E-state index is 0.0142. The molecule has 2 rings (SSSR count). The number of rotatable bonds is 7. The van der Waals surface area contributed by atoms with E-state index in [0.717, 1.165) is 6.07 Å². The highest BCUT2D eigenvalue weighted by Gasteiger charge is 2.22. The second-order valence-corrected chi connectivity index (χ2v) is 8.19. The third kappa shape index (κ3) is 5.15. The molecular weight excluding hydrogens is 400 g/mol. The van der Waals surface area contributed by atoms with E-state index in [2.05, 4.69) is 15.3 Å². The standard InChI is InChI=1S/C14H14N4O7S2/c15-18-16-6-2-5-13(19)17-11-4-1-3-9-7-10(26(20,21)22)8-12(14(9)11)27(23,24)25/h1,3-4,7-8H,2,5-6H2,(H,17,19)(H,20,21,22)(H,23,24,25). The second kappa shape index (κ2) is 7.90. The molecule has 0 heterocycles. The first-order chi connectivity index (χ1) is 12.5. The van der Waals surface area contributed by atoms with Crippen molar-refractivity contribution in [2.45, 2.75) is 22.6 Å². The molecule has 0 bridgehead atoms. The summed E-state index contributed by atoms with van der Waals surface area (Å²) in [6.07, 6.45) is 0.248. The number of hydrogen-bond donors (Lipinski definition) is 3. The lowest BCUT2D eigenvalue weighted by Gasteiger charge is -2.12. The fraction of sp³-hybridized carbons (Fsp3) is 0.214. The minimum atomic E-state index is -4.88. The molecule has 0 unspecified atom stereocenters. The highest BCUT2D eigenvalue weighted by molar-refractivity contribution is 7.86. The molecule has 0 aromatic heterocycles. The van der Waals surface area contributed by atoms with Crippen LogP contribution in [0.4, 0.5) is 5.69 Å². The maximum absolute atomic E-state index is 12.0. The number of fused-ring (bicyclic) bond motifs is 1. The Morgan fingerprint density at radius 2 is 1.85 bits per heavy atom. The number of carbonyl (C=O) groups excluding carboxylic acids is 1. The Morgan fingerprint density at radius 3 is 2.44 bits per heavy atom. The number of nitrogens with one attached hydrogen (secondary N) is 1. The second-order valence-electron chi connectivity index (χ2n) is 5.38. The molecule has 11 nitrogen and oxygen atoms in total. The van der Waals surface area contributed by atoms with Gasteiger partial charge < -0.3 is 5.32 Å². The van der Waals surface area contributed by atoms with Crippen LogP contribution in [0, 0.1) is 0 Å². The van der Waals surface area contributed by atoms with Gasteiger partial charge >= 0.3 is 0 Å². The zero-order valence-electron chi connectivity index (χ0n) is 13.6. The summed E-state index contributed by atoms with van der Waals surface area (Å²) in [4.78, 5) is 13.1. The molecule has 2 aromatic carbocycles. The van der Waals surface area contributed by atoms with Crippen molar-refractivity contribution >= 4 is 42.6 Å². The number of anilines is 1. The van der Waals surface area contributed by atoms with Crippen LogP contribution >= 0.6 is 0 Å². The molecule has 0 aliphatic carbocycles. The van der Waals surface area contributed by atoms with Gasteiger partial charge in [-0.15, -0.1) is 0 Å². The molecule has 1 amide bonds. The van der Waals surface area contributed by atoms with Crippen LogP contribution in [0.2, 0.25) is 0 Å². The zero-order valence-corrected chi connectivity index (χ0v) is 15.2. The number of amides is 1. The smallest absolute Gasteiger partial charge is 0.295 e. The summed E-state index contributed by atoms with van der Waals surface area (Å²) < 4.78 is 64.8. The molecule has 0 radical (unpaired) electrons. The van der Waals surface area contributed by atoms with Crippen LogP contribution in [0.1, 0.15) is 12.8 Å². The molecular formula is C14H14N4O7S2. The van der Waals surface area contributed by atoms with Crippen molar-refractivity contribution in [3.05, 3.63) is 40.8 Å². The fourth-order valence-electron chi connectivity index (χ4n) is 2.39. The highest BCUT2D eigenvalue weighted by atomic mass is 32.2. The van der Waals surface area contributed by atoms with Gasteiger partial charge in [0, 0.05) is 29.0 Å². The summed E-state index contributed by atoms with van der Waals surface area (Å²) in [5.41, 5.74) is 8.21. The first kappa shape index (κ1) is 20.6. The van der Waals surface area contributed by atoms with Crippen molar-refractivity contribution in [3.8, 4) is 0 Å². The summed E-state index contributed by atoms with van der Waals surface area (Å²) >= 11 is 0. The van der Waals surface area contributed by atoms with Crippen molar-refractivity contribution in [1.29, 1.82) is 0 Å². The number of carbonyl (C=O) groups is 1. The Hall–Kier alpha value is -2.70. The van der Waals surface area contributed by atoms with Gasteiger partial charge in [0.25, 0.3) is 20.2 Å². The topological polar surface area (TPSA) is 187 Å². The lowest BCUT2D eigenvalue weighted by Crippen LogP contribution is -2.13. The summed E-state index contributed by atoms with van der Waals surface area (Å²) in [6.45, 7) is 0.105. The number of hydrogen-bond acceptors (Lipinski definition) is 6. The molecule has 0 saturated heterocycles. The van der Waals surface area contributed by atoms with E-state index in [1.54, 1.807) is 0 Å². The zero-order chi connectivity index (χ0) is 20.2. The van der Waals surface area contributed by atoms with E-state index in [1.807, 2.05) is 0 Å². The Kier molecular flexibility index (Phi) is 6.03. The van der Waals surface area contributed by atoms with Crippen LogP contribution in [0.25, 0.3) is 21.2 Å². The van der Waals surface area contributed by atoms with Gasteiger partial charge in [0.2, 0.25) is 5.91 Å². The molecule has 3 N–H and O–H groups in total. The molecule has 0 fully saturated rings. The monoisotopic (exact) mass is 414 g/mol. The van der Waals surface area contributed by atoms with E-state index < -0.39 is 35.9 Å². The molecule has 0 saturated carbocycles. The summed E-state index contributed by atoms with van der Waals surface area (Å²) in [6, 6.07) is 5.77. The summed E-state index contributed by atoms with van der Waals surface area (Å²) in [5, 5.41) is 5.70. The van der Waals surface area contributed by atoms with E-state index in [-0.39, 0.29) is 35.8 Å². The Bertz CT molecular complexity index is 1150. The molecule has 0 spiro atoms. The normalized spacial score (nSPS) is 11.8. The van der Waals surface area contributed by atoms with E-state index in [4.69, 9.17) is 5.53 Å². The van der Waals surface area contributed by atoms with Gasteiger partial charge in [-0.25, -0.2) is 0 Å². The highest BCUT2D eigenvalue weighted by Crippen LogP contribution is 2.33. The predicted octanol–water partition coefficient (Wildman–Crippen LogP) is 2.36. The lowest BCUT2D eigenvalue weighted by molar-refractivity contribution is -0.116. The number of nitrogens with zero attached hydrogens (tertiary/aromatic N) is 3. The molecule has 144 valence electrons. The van der Waals surface area contributed by atoms with E-state index in [0.29, 0.717) is 6.07 Å². The van der Waals surface area contributed by atoms with Crippen molar-refractivity contribution in [2.24, 2.45) is 5.11 Å². The number of benzene rings is 2. The molecule has 0 aliphatic rings. The molecule has 0 atom stereocenters. The van der Waals surface area contributed by atoms with Crippen LogP contribution < -0.4 is 5.32 Å². The largest absolute Gasteiger partial charge is 0.325 e. The Balaban J connectivity index is 2.56. The first-order valence-corrected chi connectivity index (χ1v) is 10.2. The molecule has 13 heteroatoms. The maximum Gasteiger partial charge on any atom is 0.295 e. The average Bonchev–Trinajstić information content (AvgIpc) is 2.56. The van der Waals surface area contributed by atoms with E-state index in [1.165, 1.54) is 18.2 Å². The van der Waals surface area contributed by atoms with Crippen LogP contribution in [-0.4, -0.2) is 38.4 Å². The average molecular weight is 414 g/mol. The van der Waals surface area contributed by atoms with Gasteiger partial charge in [-0.1, -0.05) is 17.2 Å². The lowest BCUT2D eigenvalue weighted by atomic mass is 10.1. The van der Waals surface area contributed by atoms with Gasteiger partial charge in [-0.3, -0.25) is 13.9 Å². The van der Waals surface area contributed by atoms with E-state index >= 15 is 0 Å². The van der Waals surface area contributed by atoms with Gasteiger partial charge in [-0.2, -0.15) is 16.8 Å². The Labute approximate surface area is 154 Å². The fourth-order valence-corrected chi connectivity index (χ4v) is 3.76. The van der Waals surface area contributed by atoms with Crippen LogP contribution in [0.3, 0.4) is 0 Å². The molecule has 27 heavy (non-hydrogen) atoms. The van der Waals surface area contributed by atoms with Crippen molar-refractivity contribution in [1.82, 2.24) is 0 Å². The van der Waals surface area contributed by atoms with Crippen molar-refractivity contribution < 1.29 is 30.7 Å². The van der Waals surface area contributed by atoms with Crippen LogP contribution in [-0.2, 0) is 25.0 Å². The van der Waals surface area contributed by atoms with Crippen LogP contribution in [0.5, 0.6) is 0 Å². The van der Waals surface area contributed by atoms with E-state index in [9.17, 15) is 30.7 Å². The van der Waals surface area contributed by atoms with Crippen LogP contribution in [0.15, 0.2) is 45.2 Å². The SMILES string of the molecule is [N-]=[N+]=NCCCC(=O)Nc1cccc2cc(S(=O)(=O)O)cc(S(=O)(=O)O)c12. The Morgan fingerprint density at radius 1 is 1.15 bits per heavy atom. The van der Waals surface area contributed by atoms with Crippen molar-refractivity contribution in [2.75, 3.05) is 11.9 Å². The van der Waals surface area contributed by atoms with Gasteiger partial charge in [0.1, 0.15) is 4.90 Å². The summed E-state index contributed by atoms with van der Waals surface area (Å²) in [7, 11) is -9.61. The molecule has 2 aromatic rings. The molecule has 0 aliphatic heterocycles. The van der Waals surface area contributed by atoms with Gasteiger partial charge in [-0.05, 0) is 35.5 Å². The summed E-state index contributed by atoms with van der Waals surface area (Å²) in [5.74, 6) is -0.504. The third-order valence-electron chi connectivity index (χ3n) is 3.49. The third-order valence-corrected chi connectivity index (χ3v) is 5.20. The predicted molar refractivity (Wildman–Crippen MR) is 95.5 cm³/mol.